The highest BCUT2D eigenvalue weighted by atomic mass is 16.5. The van der Waals surface area contributed by atoms with E-state index in [9.17, 15) is 5.26 Å². The Morgan fingerprint density at radius 1 is 1.71 bits per heavy atom. The van der Waals surface area contributed by atoms with Crippen molar-refractivity contribution in [2.24, 2.45) is 5.73 Å². The van der Waals surface area contributed by atoms with Crippen LogP contribution in [-0.2, 0) is 4.74 Å². The molecule has 17 heavy (non-hydrogen) atoms. The molecular formula is C12H16N4O. The minimum absolute atomic E-state index is 0.0256. The summed E-state index contributed by atoms with van der Waals surface area (Å²) in [5, 5.41) is 9.18. The molecule has 0 radical (unpaired) electrons. The molecule has 1 saturated heterocycles. The van der Waals surface area contributed by atoms with Gasteiger partial charge in [0.15, 0.2) is 0 Å². The molecule has 1 aromatic heterocycles. The first-order chi connectivity index (χ1) is 8.26. The monoisotopic (exact) mass is 232 g/mol. The number of hydrogen-bond acceptors (Lipinski definition) is 5. The molecule has 1 atom stereocenters. The van der Waals surface area contributed by atoms with Gasteiger partial charge in [-0.25, -0.2) is 4.98 Å². The van der Waals surface area contributed by atoms with Crippen molar-refractivity contribution >= 4 is 5.82 Å². The van der Waals surface area contributed by atoms with Gasteiger partial charge >= 0.3 is 0 Å². The summed E-state index contributed by atoms with van der Waals surface area (Å²) in [6.45, 7) is 4.49. The van der Waals surface area contributed by atoms with Gasteiger partial charge in [0.1, 0.15) is 11.9 Å². The van der Waals surface area contributed by atoms with Crippen LogP contribution in [0.4, 0.5) is 5.82 Å². The molecular weight excluding hydrogens is 216 g/mol. The van der Waals surface area contributed by atoms with Crippen LogP contribution in [0.1, 0.15) is 11.1 Å². The van der Waals surface area contributed by atoms with Crippen molar-refractivity contribution < 1.29 is 4.74 Å². The molecule has 0 saturated carbocycles. The van der Waals surface area contributed by atoms with Gasteiger partial charge in [-0.1, -0.05) is 0 Å². The molecule has 1 fully saturated rings. The number of hydrogen-bond donors (Lipinski definition) is 1. The van der Waals surface area contributed by atoms with Crippen molar-refractivity contribution in [1.82, 2.24) is 4.98 Å². The van der Waals surface area contributed by atoms with Crippen LogP contribution in [0.3, 0.4) is 0 Å². The normalized spacial score (nSPS) is 20.1. The maximum absolute atomic E-state index is 9.18. The first kappa shape index (κ1) is 11.8. The third-order valence-electron chi connectivity index (χ3n) is 2.95. The van der Waals surface area contributed by atoms with E-state index < -0.39 is 0 Å². The molecule has 5 heteroatoms. The van der Waals surface area contributed by atoms with Gasteiger partial charge in [-0.05, 0) is 18.6 Å². The van der Waals surface area contributed by atoms with E-state index >= 15 is 0 Å². The van der Waals surface area contributed by atoms with Crippen molar-refractivity contribution in [3.63, 3.8) is 0 Å². The highest BCUT2D eigenvalue weighted by molar-refractivity contribution is 5.57. The van der Waals surface area contributed by atoms with E-state index in [1.165, 1.54) is 0 Å². The number of nitrogens with zero attached hydrogens (tertiary/aromatic N) is 3. The van der Waals surface area contributed by atoms with Crippen LogP contribution in [0.15, 0.2) is 12.3 Å². The highest BCUT2D eigenvalue weighted by Crippen LogP contribution is 2.21. The average Bonchev–Trinajstić information content (AvgIpc) is 2.38. The average molecular weight is 232 g/mol. The maximum Gasteiger partial charge on any atom is 0.146 e. The van der Waals surface area contributed by atoms with E-state index in [4.69, 9.17) is 10.5 Å². The molecule has 0 bridgehead atoms. The summed E-state index contributed by atoms with van der Waals surface area (Å²) in [6.07, 6.45) is 1.76. The molecule has 0 aliphatic carbocycles. The first-order valence-corrected chi connectivity index (χ1v) is 5.68. The molecule has 0 spiro atoms. The number of ether oxygens (including phenoxy) is 1. The third-order valence-corrected chi connectivity index (χ3v) is 2.95. The van der Waals surface area contributed by atoms with Gasteiger partial charge in [-0.15, -0.1) is 0 Å². The van der Waals surface area contributed by atoms with Crippen molar-refractivity contribution in [1.29, 1.82) is 5.26 Å². The number of pyridine rings is 1. The van der Waals surface area contributed by atoms with Crippen LogP contribution in [0.25, 0.3) is 0 Å². The van der Waals surface area contributed by atoms with E-state index in [0.717, 1.165) is 17.9 Å². The molecule has 1 unspecified atom stereocenters. The van der Waals surface area contributed by atoms with Gasteiger partial charge < -0.3 is 15.4 Å². The van der Waals surface area contributed by atoms with Crippen LogP contribution in [-0.4, -0.2) is 37.3 Å². The topological polar surface area (TPSA) is 75.2 Å². The summed E-state index contributed by atoms with van der Waals surface area (Å²) < 4.78 is 5.51. The molecule has 90 valence electrons. The van der Waals surface area contributed by atoms with Crippen molar-refractivity contribution in [3.8, 4) is 6.07 Å². The Kier molecular flexibility index (Phi) is 3.57. The summed E-state index contributed by atoms with van der Waals surface area (Å²) in [7, 11) is 0. The zero-order valence-corrected chi connectivity index (χ0v) is 9.89. The Balaban J connectivity index is 2.28. The van der Waals surface area contributed by atoms with E-state index in [0.29, 0.717) is 25.3 Å². The molecule has 1 aliphatic heterocycles. The summed E-state index contributed by atoms with van der Waals surface area (Å²) in [5.74, 6) is 0.745. The standard InChI is InChI=1S/C12H16N4O/c1-9-2-3-15-12(11(9)7-14)16-4-5-17-10(6-13)8-16/h2-3,10H,4-6,8,13H2,1H3. The molecule has 2 heterocycles. The minimum atomic E-state index is 0.0256. The SMILES string of the molecule is Cc1ccnc(N2CCOC(CN)C2)c1C#N. The van der Waals surface area contributed by atoms with Gasteiger partial charge in [0, 0.05) is 25.8 Å². The zero-order chi connectivity index (χ0) is 12.3. The summed E-state index contributed by atoms with van der Waals surface area (Å²) >= 11 is 0. The third kappa shape index (κ3) is 2.38. The predicted molar refractivity (Wildman–Crippen MR) is 64.7 cm³/mol. The summed E-state index contributed by atoms with van der Waals surface area (Å²) in [5.41, 5.74) is 7.20. The number of nitrogens with two attached hydrogens (primary N) is 1. The molecule has 0 amide bonds. The second-order valence-electron chi connectivity index (χ2n) is 4.11. The fraction of sp³-hybridized carbons (Fsp3) is 0.500. The Morgan fingerprint density at radius 2 is 2.53 bits per heavy atom. The van der Waals surface area contributed by atoms with E-state index in [1.54, 1.807) is 6.20 Å². The zero-order valence-electron chi connectivity index (χ0n) is 9.89. The predicted octanol–water partition coefficient (Wildman–Crippen LogP) is 0.426. The lowest BCUT2D eigenvalue weighted by Gasteiger charge is -2.33. The molecule has 1 aromatic rings. The number of aryl methyl sites for hydroxylation is 1. The molecule has 5 nitrogen and oxygen atoms in total. The number of aromatic nitrogens is 1. The minimum Gasteiger partial charge on any atom is -0.373 e. The lowest BCUT2D eigenvalue weighted by molar-refractivity contribution is 0.0463. The number of rotatable bonds is 2. The van der Waals surface area contributed by atoms with E-state index in [-0.39, 0.29) is 6.10 Å². The second-order valence-corrected chi connectivity index (χ2v) is 4.11. The molecule has 2 N–H and O–H groups in total. The fourth-order valence-electron chi connectivity index (χ4n) is 1.98. The summed E-state index contributed by atoms with van der Waals surface area (Å²) in [6, 6.07) is 4.07. The van der Waals surface area contributed by atoms with Crippen molar-refractivity contribution in [2.75, 3.05) is 31.1 Å². The van der Waals surface area contributed by atoms with Crippen molar-refractivity contribution in [2.45, 2.75) is 13.0 Å². The van der Waals surface area contributed by atoms with Gasteiger partial charge in [0.25, 0.3) is 0 Å². The van der Waals surface area contributed by atoms with E-state index in [1.807, 2.05) is 13.0 Å². The van der Waals surface area contributed by atoms with Crippen LogP contribution < -0.4 is 10.6 Å². The van der Waals surface area contributed by atoms with Crippen LogP contribution in [0, 0.1) is 18.3 Å². The van der Waals surface area contributed by atoms with Crippen LogP contribution >= 0.6 is 0 Å². The number of morpholine rings is 1. The molecule has 2 rings (SSSR count). The number of anilines is 1. The lowest BCUT2D eigenvalue weighted by atomic mass is 10.1. The summed E-state index contributed by atoms with van der Waals surface area (Å²) in [4.78, 5) is 6.39. The Labute approximate surface area is 101 Å². The lowest BCUT2D eigenvalue weighted by Crippen LogP contribution is -2.46. The van der Waals surface area contributed by atoms with Crippen molar-refractivity contribution in [3.05, 3.63) is 23.4 Å². The van der Waals surface area contributed by atoms with Gasteiger partial charge in [0.05, 0.1) is 18.3 Å². The molecule has 1 aliphatic rings. The Hall–Kier alpha value is -1.64. The second kappa shape index (κ2) is 5.13. The Morgan fingerprint density at radius 3 is 3.24 bits per heavy atom. The molecule has 0 aromatic carbocycles. The van der Waals surface area contributed by atoms with Crippen LogP contribution in [0.5, 0.6) is 0 Å². The van der Waals surface area contributed by atoms with Gasteiger partial charge in [-0.2, -0.15) is 5.26 Å². The maximum atomic E-state index is 9.18. The van der Waals surface area contributed by atoms with Gasteiger partial charge in [-0.3, -0.25) is 0 Å². The number of nitriles is 1. The van der Waals surface area contributed by atoms with E-state index in [2.05, 4.69) is 16.0 Å². The highest BCUT2D eigenvalue weighted by Gasteiger charge is 2.22. The van der Waals surface area contributed by atoms with Gasteiger partial charge in [0.2, 0.25) is 0 Å². The quantitative estimate of drug-likeness (QED) is 0.800. The fourth-order valence-corrected chi connectivity index (χ4v) is 1.98. The van der Waals surface area contributed by atoms with Crippen LogP contribution in [0.2, 0.25) is 0 Å². The largest absolute Gasteiger partial charge is 0.373 e. The Bertz CT molecular complexity index is 441. The smallest absolute Gasteiger partial charge is 0.146 e. The first-order valence-electron chi connectivity index (χ1n) is 5.68.